The van der Waals surface area contributed by atoms with E-state index in [1.54, 1.807) is 18.0 Å². The van der Waals surface area contributed by atoms with Gasteiger partial charge in [-0.15, -0.1) is 0 Å². The second kappa shape index (κ2) is 6.16. The van der Waals surface area contributed by atoms with Gasteiger partial charge in [-0.2, -0.15) is 0 Å². The third-order valence-electron chi connectivity index (χ3n) is 4.11. The molecule has 1 aliphatic rings. The van der Waals surface area contributed by atoms with Crippen molar-refractivity contribution in [2.75, 3.05) is 16.8 Å². The van der Waals surface area contributed by atoms with Crippen molar-refractivity contribution in [2.45, 2.75) is 12.5 Å². The minimum atomic E-state index is -1.10. The van der Waals surface area contributed by atoms with E-state index >= 15 is 0 Å². The standard InChI is InChI=1S/C18H16N2O4/c1-19(13-7-3-2-4-8-13)15-11-16(21)20(17(15)22)14-9-5-6-12(10-14)18(23)24/h2-10,15H,11H2,1H3,(H,23,24). The first-order valence-electron chi connectivity index (χ1n) is 7.47. The predicted molar refractivity (Wildman–Crippen MR) is 89.1 cm³/mol. The van der Waals surface area contributed by atoms with E-state index in [-0.39, 0.29) is 29.5 Å². The molecule has 6 heteroatoms. The lowest BCUT2D eigenvalue weighted by molar-refractivity contribution is -0.121. The van der Waals surface area contributed by atoms with Gasteiger partial charge in [0.15, 0.2) is 0 Å². The molecule has 1 aliphatic heterocycles. The van der Waals surface area contributed by atoms with Crippen molar-refractivity contribution in [1.82, 2.24) is 0 Å². The van der Waals surface area contributed by atoms with Gasteiger partial charge in [-0.3, -0.25) is 9.59 Å². The van der Waals surface area contributed by atoms with E-state index in [0.29, 0.717) is 0 Å². The molecule has 1 atom stereocenters. The van der Waals surface area contributed by atoms with Crippen LogP contribution in [0.2, 0.25) is 0 Å². The van der Waals surface area contributed by atoms with Crippen molar-refractivity contribution >= 4 is 29.2 Å². The summed E-state index contributed by atoms with van der Waals surface area (Å²) in [7, 11) is 1.77. The molecule has 0 aromatic heterocycles. The van der Waals surface area contributed by atoms with Crippen LogP contribution in [0, 0.1) is 0 Å². The summed E-state index contributed by atoms with van der Waals surface area (Å²) in [5.41, 5.74) is 1.16. The number of anilines is 2. The molecule has 3 rings (SSSR count). The SMILES string of the molecule is CN(c1ccccc1)C1CC(=O)N(c2cccc(C(=O)O)c2)C1=O. The zero-order valence-corrected chi connectivity index (χ0v) is 13.0. The Labute approximate surface area is 138 Å². The molecule has 1 saturated heterocycles. The van der Waals surface area contributed by atoms with E-state index in [4.69, 9.17) is 5.11 Å². The monoisotopic (exact) mass is 324 g/mol. The van der Waals surface area contributed by atoms with Gasteiger partial charge < -0.3 is 10.0 Å². The van der Waals surface area contributed by atoms with Gasteiger partial charge in [0.1, 0.15) is 6.04 Å². The Balaban J connectivity index is 1.90. The first-order chi connectivity index (χ1) is 11.5. The molecule has 0 saturated carbocycles. The molecule has 1 N–H and O–H groups in total. The van der Waals surface area contributed by atoms with Crippen LogP contribution >= 0.6 is 0 Å². The van der Waals surface area contributed by atoms with Crippen LogP contribution in [0.3, 0.4) is 0 Å². The van der Waals surface area contributed by atoms with Gasteiger partial charge >= 0.3 is 5.97 Å². The summed E-state index contributed by atoms with van der Waals surface area (Å²) < 4.78 is 0. The fourth-order valence-corrected chi connectivity index (χ4v) is 2.81. The van der Waals surface area contributed by atoms with Crippen LogP contribution in [0.15, 0.2) is 54.6 Å². The van der Waals surface area contributed by atoms with Crippen LogP contribution in [0.1, 0.15) is 16.8 Å². The quantitative estimate of drug-likeness (QED) is 0.872. The second-order valence-electron chi connectivity index (χ2n) is 5.59. The summed E-state index contributed by atoms with van der Waals surface area (Å²) in [4.78, 5) is 39.0. The van der Waals surface area contributed by atoms with Crippen molar-refractivity contribution in [3.05, 3.63) is 60.2 Å². The molecule has 1 unspecified atom stereocenters. The summed E-state index contributed by atoms with van der Waals surface area (Å²) in [6.45, 7) is 0. The maximum atomic E-state index is 12.7. The van der Waals surface area contributed by atoms with Crippen molar-refractivity contribution in [2.24, 2.45) is 0 Å². The molecule has 24 heavy (non-hydrogen) atoms. The fraction of sp³-hybridized carbons (Fsp3) is 0.167. The number of carbonyl (C=O) groups excluding carboxylic acids is 2. The maximum Gasteiger partial charge on any atom is 0.335 e. The van der Waals surface area contributed by atoms with Crippen molar-refractivity contribution in [3.63, 3.8) is 0 Å². The van der Waals surface area contributed by atoms with Gasteiger partial charge in [-0.25, -0.2) is 9.69 Å². The number of aromatic carboxylic acids is 1. The Morgan fingerprint density at radius 1 is 1.12 bits per heavy atom. The first-order valence-corrected chi connectivity index (χ1v) is 7.47. The minimum Gasteiger partial charge on any atom is -0.478 e. The highest BCUT2D eigenvalue weighted by Gasteiger charge is 2.42. The van der Waals surface area contributed by atoms with E-state index in [9.17, 15) is 14.4 Å². The van der Waals surface area contributed by atoms with Crippen molar-refractivity contribution < 1.29 is 19.5 Å². The van der Waals surface area contributed by atoms with Gasteiger partial charge in [0.2, 0.25) is 5.91 Å². The average molecular weight is 324 g/mol. The fourth-order valence-electron chi connectivity index (χ4n) is 2.81. The average Bonchev–Trinajstić information content (AvgIpc) is 2.89. The number of likely N-dealkylation sites (N-methyl/N-ethyl adjacent to an activating group) is 1. The van der Waals surface area contributed by atoms with Crippen molar-refractivity contribution in [3.8, 4) is 0 Å². The molecule has 122 valence electrons. The molecule has 0 radical (unpaired) electrons. The lowest BCUT2D eigenvalue weighted by Gasteiger charge is -2.25. The molecular weight excluding hydrogens is 308 g/mol. The third kappa shape index (κ3) is 2.74. The number of carbonyl (C=O) groups is 3. The van der Waals surface area contributed by atoms with Crippen molar-refractivity contribution in [1.29, 1.82) is 0 Å². The van der Waals surface area contributed by atoms with Gasteiger partial charge in [0.25, 0.3) is 5.91 Å². The van der Waals surface area contributed by atoms with Crippen LogP contribution in [0.25, 0.3) is 0 Å². The molecule has 0 spiro atoms. The summed E-state index contributed by atoms with van der Waals surface area (Å²) in [5.74, 6) is -1.79. The number of rotatable bonds is 4. The number of nitrogens with zero attached hydrogens (tertiary/aromatic N) is 2. The largest absolute Gasteiger partial charge is 0.478 e. The molecule has 0 aliphatic carbocycles. The number of carboxylic acids is 1. The summed E-state index contributed by atoms with van der Waals surface area (Å²) >= 11 is 0. The highest BCUT2D eigenvalue weighted by molar-refractivity contribution is 6.23. The smallest absolute Gasteiger partial charge is 0.335 e. The van der Waals surface area contributed by atoms with Gasteiger partial charge in [-0.1, -0.05) is 24.3 Å². The number of imide groups is 1. The molecule has 2 amide bonds. The lowest BCUT2D eigenvalue weighted by Crippen LogP contribution is -2.40. The van der Waals surface area contributed by atoms with E-state index < -0.39 is 12.0 Å². The van der Waals surface area contributed by atoms with Crippen LogP contribution in [-0.4, -0.2) is 36.0 Å². The van der Waals surface area contributed by atoms with Crippen LogP contribution in [0.4, 0.5) is 11.4 Å². The van der Waals surface area contributed by atoms with Crippen LogP contribution < -0.4 is 9.80 Å². The summed E-state index contributed by atoms with van der Waals surface area (Å²) in [6, 6.07) is 14.6. The highest BCUT2D eigenvalue weighted by Crippen LogP contribution is 2.28. The molecule has 6 nitrogen and oxygen atoms in total. The Morgan fingerprint density at radius 2 is 1.83 bits per heavy atom. The van der Waals surface area contributed by atoms with E-state index in [1.165, 1.54) is 18.2 Å². The first kappa shape index (κ1) is 15.7. The minimum absolute atomic E-state index is 0.0352. The lowest BCUT2D eigenvalue weighted by atomic mass is 10.2. The normalized spacial score (nSPS) is 17.2. The molecule has 1 fully saturated rings. The number of hydrogen-bond acceptors (Lipinski definition) is 4. The Kier molecular flexibility index (Phi) is 4.04. The molecule has 2 aromatic carbocycles. The number of hydrogen-bond donors (Lipinski definition) is 1. The Morgan fingerprint density at radius 3 is 2.50 bits per heavy atom. The third-order valence-corrected chi connectivity index (χ3v) is 4.11. The van der Waals surface area contributed by atoms with Crippen LogP contribution in [0.5, 0.6) is 0 Å². The van der Waals surface area contributed by atoms with E-state index in [2.05, 4.69) is 0 Å². The molecule has 2 aromatic rings. The zero-order valence-electron chi connectivity index (χ0n) is 13.0. The maximum absolute atomic E-state index is 12.7. The van der Waals surface area contributed by atoms with Crippen LogP contribution in [-0.2, 0) is 9.59 Å². The molecule has 0 bridgehead atoms. The molecule has 1 heterocycles. The number of carboxylic acid groups (broad SMARTS) is 1. The Bertz CT molecular complexity index is 804. The van der Waals surface area contributed by atoms with E-state index in [1.807, 2.05) is 30.3 Å². The second-order valence-corrected chi connectivity index (χ2v) is 5.59. The zero-order chi connectivity index (χ0) is 17.3. The number of benzene rings is 2. The number of para-hydroxylation sites is 1. The van der Waals surface area contributed by atoms with Gasteiger partial charge in [0.05, 0.1) is 17.7 Å². The highest BCUT2D eigenvalue weighted by atomic mass is 16.4. The summed E-state index contributed by atoms with van der Waals surface area (Å²) in [5, 5.41) is 9.08. The summed E-state index contributed by atoms with van der Waals surface area (Å²) in [6.07, 6.45) is 0.0571. The Hall–Kier alpha value is -3.15. The van der Waals surface area contributed by atoms with Gasteiger partial charge in [-0.05, 0) is 30.3 Å². The van der Waals surface area contributed by atoms with E-state index in [0.717, 1.165) is 10.6 Å². The molecular formula is C18H16N2O4. The topological polar surface area (TPSA) is 77.9 Å². The predicted octanol–water partition coefficient (Wildman–Crippen LogP) is 2.15. The van der Waals surface area contributed by atoms with Gasteiger partial charge in [0, 0.05) is 12.7 Å². The number of amides is 2.